The average Bonchev–Trinajstić information content (AvgIpc) is 3.06. The van der Waals surface area contributed by atoms with E-state index in [2.05, 4.69) is 5.32 Å². The Balaban J connectivity index is 1.50. The highest BCUT2D eigenvalue weighted by atomic mass is 16.2. The van der Waals surface area contributed by atoms with Gasteiger partial charge >= 0.3 is 0 Å². The molecule has 1 atom stereocenters. The minimum atomic E-state index is -0.225. The third kappa shape index (κ3) is 4.37. The maximum atomic E-state index is 12.8. The van der Waals surface area contributed by atoms with Crippen LogP contribution in [0, 0.1) is 19.8 Å². The highest BCUT2D eigenvalue weighted by Gasteiger charge is 2.38. The fourth-order valence-electron chi connectivity index (χ4n) is 4.05. The molecule has 0 spiro atoms. The number of piperidine rings is 1. The molecule has 1 N–H and O–H groups in total. The van der Waals surface area contributed by atoms with Gasteiger partial charge in [-0.2, -0.15) is 0 Å². The zero-order chi connectivity index (χ0) is 20.4. The number of carbonyl (C=O) groups is 3. The average molecular weight is 386 g/mol. The van der Waals surface area contributed by atoms with E-state index >= 15 is 0 Å². The first-order valence-corrected chi connectivity index (χ1v) is 10.2. The minimum Gasteiger partial charge on any atom is -0.349 e. The number of likely N-dealkylation sites (tertiary alicyclic amines) is 2. The molecule has 2 aliphatic heterocycles. The smallest absolute Gasteiger partial charge is 0.251 e. The second kappa shape index (κ2) is 8.33. The van der Waals surface area contributed by atoms with Crippen molar-refractivity contribution >= 4 is 17.7 Å². The van der Waals surface area contributed by atoms with Gasteiger partial charge in [-0.25, -0.2) is 0 Å². The molecule has 3 rings (SSSR count). The Labute approximate surface area is 167 Å². The van der Waals surface area contributed by atoms with Crippen LogP contribution in [0.2, 0.25) is 0 Å². The van der Waals surface area contributed by atoms with Crippen LogP contribution in [0.5, 0.6) is 0 Å². The number of rotatable bonds is 4. The number of hydrogen-bond donors (Lipinski definition) is 1. The van der Waals surface area contributed by atoms with Crippen molar-refractivity contribution in [2.24, 2.45) is 5.92 Å². The van der Waals surface area contributed by atoms with Crippen molar-refractivity contribution in [1.82, 2.24) is 15.1 Å². The van der Waals surface area contributed by atoms with Crippen molar-refractivity contribution in [3.63, 3.8) is 0 Å². The summed E-state index contributed by atoms with van der Waals surface area (Å²) >= 11 is 0. The third-order valence-electron chi connectivity index (χ3n) is 6.04. The van der Waals surface area contributed by atoms with Crippen LogP contribution >= 0.6 is 0 Å². The molecule has 0 aliphatic carbocycles. The predicted octanol–water partition coefficient (Wildman–Crippen LogP) is 2.28. The lowest BCUT2D eigenvalue weighted by atomic mass is 10.0. The number of nitrogens with one attached hydrogen (secondary N) is 1. The summed E-state index contributed by atoms with van der Waals surface area (Å²) in [5, 5.41) is 3.10. The summed E-state index contributed by atoms with van der Waals surface area (Å²) in [4.78, 5) is 41.0. The summed E-state index contributed by atoms with van der Waals surface area (Å²) in [6, 6.07) is 5.95. The van der Waals surface area contributed by atoms with Gasteiger partial charge in [0.2, 0.25) is 11.8 Å². The minimum absolute atomic E-state index is 0.0539. The standard InChI is InChI=1S/C22H31N3O3/c1-14(2)25-13-18(12-20(25)26)22(28)24-9-7-19(8-10-24)23-21(27)17-6-5-15(3)16(4)11-17/h5-6,11,14,18-19H,7-10,12-13H2,1-4H3,(H,23,27). The first-order chi connectivity index (χ1) is 13.3. The van der Waals surface area contributed by atoms with E-state index in [-0.39, 0.29) is 35.7 Å². The molecule has 2 heterocycles. The topological polar surface area (TPSA) is 69.7 Å². The van der Waals surface area contributed by atoms with Gasteiger partial charge in [0, 0.05) is 43.7 Å². The molecule has 0 aromatic heterocycles. The number of benzene rings is 1. The fourth-order valence-corrected chi connectivity index (χ4v) is 4.05. The number of amides is 3. The van der Waals surface area contributed by atoms with E-state index in [1.54, 1.807) is 4.90 Å². The second-order valence-corrected chi connectivity index (χ2v) is 8.41. The Kier molecular flexibility index (Phi) is 6.06. The third-order valence-corrected chi connectivity index (χ3v) is 6.04. The van der Waals surface area contributed by atoms with Crippen molar-refractivity contribution in [2.45, 2.75) is 59.0 Å². The molecular weight excluding hydrogens is 354 g/mol. The van der Waals surface area contributed by atoms with E-state index in [1.165, 1.54) is 5.56 Å². The maximum absolute atomic E-state index is 12.8. The quantitative estimate of drug-likeness (QED) is 0.864. The zero-order valence-electron chi connectivity index (χ0n) is 17.3. The lowest BCUT2D eigenvalue weighted by Crippen LogP contribution is -2.48. The molecule has 1 aromatic carbocycles. The van der Waals surface area contributed by atoms with Gasteiger partial charge in [-0.1, -0.05) is 6.07 Å². The largest absolute Gasteiger partial charge is 0.349 e. The van der Waals surface area contributed by atoms with Crippen LogP contribution in [0.25, 0.3) is 0 Å². The second-order valence-electron chi connectivity index (χ2n) is 8.41. The Morgan fingerprint density at radius 2 is 1.79 bits per heavy atom. The van der Waals surface area contributed by atoms with Crippen LogP contribution in [-0.2, 0) is 9.59 Å². The van der Waals surface area contributed by atoms with Crippen molar-refractivity contribution in [1.29, 1.82) is 0 Å². The normalized spacial score (nSPS) is 20.8. The summed E-state index contributed by atoms with van der Waals surface area (Å²) in [6.07, 6.45) is 1.81. The van der Waals surface area contributed by atoms with Gasteiger partial charge in [0.05, 0.1) is 5.92 Å². The van der Waals surface area contributed by atoms with E-state index in [0.29, 0.717) is 31.6 Å². The molecule has 3 amide bonds. The fraction of sp³-hybridized carbons (Fsp3) is 0.591. The molecule has 6 nitrogen and oxygen atoms in total. The van der Waals surface area contributed by atoms with Gasteiger partial charge in [0.15, 0.2) is 0 Å². The number of hydrogen-bond acceptors (Lipinski definition) is 3. The summed E-state index contributed by atoms with van der Waals surface area (Å²) < 4.78 is 0. The van der Waals surface area contributed by atoms with Crippen molar-refractivity contribution in [3.8, 4) is 0 Å². The van der Waals surface area contributed by atoms with Gasteiger partial charge < -0.3 is 15.1 Å². The van der Waals surface area contributed by atoms with Crippen LogP contribution in [0.3, 0.4) is 0 Å². The van der Waals surface area contributed by atoms with Crippen LogP contribution in [0.15, 0.2) is 18.2 Å². The lowest BCUT2D eigenvalue weighted by molar-refractivity contribution is -0.136. The van der Waals surface area contributed by atoms with Crippen molar-refractivity contribution < 1.29 is 14.4 Å². The Bertz CT molecular complexity index is 766. The molecule has 6 heteroatoms. The Hall–Kier alpha value is -2.37. The van der Waals surface area contributed by atoms with Gasteiger partial charge in [-0.3, -0.25) is 14.4 Å². The summed E-state index contributed by atoms with van der Waals surface area (Å²) in [7, 11) is 0. The summed E-state index contributed by atoms with van der Waals surface area (Å²) in [5.41, 5.74) is 2.96. The van der Waals surface area contributed by atoms with E-state index in [1.807, 2.05) is 50.8 Å². The van der Waals surface area contributed by atoms with E-state index in [0.717, 1.165) is 18.4 Å². The Morgan fingerprint density at radius 1 is 1.11 bits per heavy atom. The SMILES string of the molecule is Cc1ccc(C(=O)NC2CCN(C(=O)C3CC(=O)N(C(C)C)C3)CC2)cc1C. The molecular formula is C22H31N3O3. The van der Waals surface area contributed by atoms with Crippen molar-refractivity contribution in [3.05, 3.63) is 34.9 Å². The van der Waals surface area contributed by atoms with Crippen LogP contribution in [0.1, 0.15) is 54.6 Å². The summed E-state index contributed by atoms with van der Waals surface area (Å²) in [6.45, 7) is 9.78. The van der Waals surface area contributed by atoms with Crippen LogP contribution < -0.4 is 5.32 Å². The molecule has 28 heavy (non-hydrogen) atoms. The predicted molar refractivity (Wildman–Crippen MR) is 108 cm³/mol. The first-order valence-electron chi connectivity index (χ1n) is 10.2. The monoisotopic (exact) mass is 385 g/mol. The van der Waals surface area contributed by atoms with Crippen LogP contribution in [-0.4, -0.2) is 59.2 Å². The molecule has 152 valence electrons. The van der Waals surface area contributed by atoms with E-state index in [4.69, 9.17) is 0 Å². The molecule has 0 radical (unpaired) electrons. The summed E-state index contributed by atoms with van der Waals surface area (Å²) in [5.74, 6) is -0.127. The van der Waals surface area contributed by atoms with Crippen molar-refractivity contribution in [2.75, 3.05) is 19.6 Å². The number of nitrogens with zero attached hydrogens (tertiary/aromatic N) is 2. The Morgan fingerprint density at radius 3 is 2.36 bits per heavy atom. The maximum Gasteiger partial charge on any atom is 0.251 e. The van der Waals surface area contributed by atoms with Gasteiger partial charge in [0.25, 0.3) is 5.91 Å². The molecule has 0 saturated carbocycles. The van der Waals surface area contributed by atoms with Gasteiger partial charge in [-0.05, 0) is 63.8 Å². The van der Waals surface area contributed by atoms with E-state index in [9.17, 15) is 14.4 Å². The van der Waals surface area contributed by atoms with Crippen LogP contribution in [0.4, 0.5) is 0 Å². The molecule has 1 unspecified atom stereocenters. The lowest BCUT2D eigenvalue weighted by Gasteiger charge is -2.34. The number of carbonyl (C=O) groups excluding carboxylic acids is 3. The molecule has 2 aliphatic rings. The first kappa shape index (κ1) is 20.4. The highest BCUT2D eigenvalue weighted by Crippen LogP contribution is 2.24. The molecule has 2 saturated heterocycles. The van der Waals surface area contributed by atoms with Gasteiger partial charge in [0.1, 0.15) is 0 Å². The van der Waals surface area contributed by atoms with E-state index < -0.39 is 0 Å². The molecule has 0 bridgehead atoms. The highest BCUT2D eigenvalue weighted by molar-refractivity contribution is 5.94. The number of aryl methyl sites for hydroxylation is 2. The molecule has 1 aromatic rings. The molecule has 2 fully saturated rings. The van der Waals surface area contributed by atoms with Gasteiger partial charge in [-0.15, -0.1) is 0 Å². The zero-order valence-corrected chi connectivity index (χ0v) is 17.3.